The summed E-state index contributed by atoms with van der Waals surface area (Å²) in [5, 5.41) is 0. The van der Waals surface area contributed by atoms with Crippen LogP contribution in [-0.2, 0) is 10.9 Å². The van der Waals surface area contributed by atoms with Crippen LogP contribution < -0.4 is 4.90 Å². The van der Waals surface area contributed by atoms with Gasteiger partial charge in [-0.25, -0.2) is 0 Å². The molecule has 1 fully saturated rings. The van der Waals surface area contributed by atoms with E-state index in [0.717, 1.165) is 0 Å². The Hall–Kier alpha value is -1.24. The van der Waals surface area contributed by atoms with Crippen LogP contribution in [0.15, 0.2) is 4.42 Å². The number of anilines is 1. The Kier molecular flexibility index (Phi) is 3.52. The molecule has 0 atom stereocenters. The molecule has 0 aromatic carbocycles. The average molecular weight is 264 g/mol. The van der Waals surface area contributed by atoms with E-state index in [1.165, 1.54) is 0 Å². The minimum atomic E-state index is -4.48. The van der Waals surface area contributed by atoms with Gasteiger partial charge in [0.15, 0.2) is 5.69 Å². The van der Waals surface area contributed by atoms with E-state index in [0.29, 0.717) is 26.3 Å². The summed E-state index contributed by atoms with van der Waals surface area (Å²) in [4.78, 5) is 5.28. The molecule has 0 unspecified atom stereocenters. The van der Waals surface area contributed by atoms with Gasteiger partial charge in [0.25, 0.3) is 6.01 Å². The number of hydrogen-bond donors (Lipinski definition) is 0. The zero-order chi connectivity index (χ0) is 13.3. The predicted molar refractivity (Wildman–Crippen MR) is 58.6 cm³/mol. The van der Waals surface area contributed by atoms with E-state index >= 15 is 0 Å². The molecule has 102 valence electrons. The maximum Gasteiger partial charge on any atom is 0.436 e. The minimum absolute atomic E-state index is 0.0364. The maximum absolute atomic E-state index is 12.8. The summed E-state index contributed by atoms with van der Waals surface area (Å²) in [5.41, 5.74) is -0.918. The molecule has 0 bridgehead atoms. The number of ether oxygens (including phenoxy) is 1. The van der Waals surface area contributed by atoms with Crippen molar-refractivity contribution < 1.29 is 22.3 Å². The van der Waals surface area contributed by atoms with E-state index < -0.39 is 11.9 Å². The summed E-state index contributed by atoms with van der Waals surface area (Å²) in [6.45, 7) is 5.24. The molecule has 4 nitrogen and oxygen atoms in total. The first-order valence-corrected chi connectivity index (χ1v) is 5.80. The lowest BCUT2D eigenvalue weighted by molar-refractivity contribution is -0.142. The van der Waals surface area contributed by atoms with Gasteiger partial charge in [0.1, 0.15) is 5.76 Å². The van der Waals surface area contributed by atoms with Crippen molar-refractivity contribution in [3.63, 3.8) is 0 Å². The van der Waals surface area contributed by atoms with Crippen LogP contribution in [0.4, 0.5) is 19.2 Å². The van der Waals surface area contributed by atoms with Crippen LogP contribution in [0.1, 0.15) is 31.2 Å². The van der Waals surface area contributed by atoms with Crippen molar-refractivity contribution in [3.8, 4) is 0 Å². The highest BCUT2D eigenvalue weighted by Crippen LogP contribution is 2.37. The Balaban J connectivity index is 2.32. The number of rotatable bonds is 2. The molecule has 0 aliphatic carbocycles. The Bertz CT molecular complexity index is 409. The predicted octanol–water partition coefficient (Wildman–Crippen LogP) is 2.65. The van der Waals surface area contributed by atoms with Gasteiger partial charge in [-0.15, -0.1) is 0 Å². The number of nitrogens with zero attached hydrogens (tertiary/aromatic N) is 2. The highest BCUT2D eigenvalue weighted by atomic mass is 19.4. The van der Waals surface area contributed by atoms with Crippen molar-refractivity contribution in [2.45, 2.75) is 25.9 Å². The van der Waals surface area contributed by atoms with E-state index in [2.05, 4.69) is 4.98 Å². The second-order valence-corrected chi connectivity index (χ2v) is 4.46. The quantitative estimate of drug-likeness (QED) is 0.823. The van der Waals surface area contributed by atoms with Crippen molar-refractivity contribution in [2.75, 3.05) is 31.2 Å². The van der Waals surface area contributed by atoms with Crippen LogP contribution in [0.2, 0.25) is 0 Å². The lowest BCUT2D eigenvalue weighted by atomic mass is 10.1. The van der Waals surface area contributed by atoms with E-state index in [9.17, 15) is 13.2 Å². The normalized spacial score (nSPS) is 17.6. The summed E-state index contributed by atoms with van der Waals surface area (Å²) < 4.78 is 48.9. The molecule has 0 radical (unpaired) electrons. The van der Waals surface area contributed by atoms with Gasteiger partial charge in [0, 0.05) is 19.0 Å². The van der Waals surface area contributed by atoms with Gasteiger partial charge in [-0.1, -0.05) is 13.8 Å². The summed E-state index contributed by atoms with van der Waals surface area (Å²) in [6.07, 6.45) is -4.48. The number of aromatic nitrogens is 1. The largest absolute Gasteiger partial charge is 0.436 e. The molecular formula is C11H15F3N2O2. The highest BCUT2D eigenvalue weighted by Gasteiger charge is 2.40. The molecule has 0 spiro atoms. The minimum Gasteiger partial charge on any atom is -0.428 e. The third kappa shape index (κ3) is 2.60. The molecular weight excluding hydrogens is 249 g/mol. The van der Waals surface area contributed by atoms with Gasteiger partial charge < -0.3 is 14.1 Å². The zero-order valence-corrected chi connectivity index (χ0v) is 10.3. The first-order chi connectivity index (χ1) is 8.39. The molecule has 0 N–H and O–H groups in total. The molecule has 1 aliphatic heterocycles. The molecule has 1 aliphatic rings. The van der Waals surface area contributed by atoms with Crippen molar-refractivity contribution in [1.29, 1.82) is 0 Å². The lowest BCUT2D eigenvalue weighted by Gasteiger charge is -2.24. The van der Waals surface area contributed by atoms with Crippen LogP contribution in [0.25, 0.3) is 0 Å². The lowest BCUT2D eigenvalue weighted by Crippen LogP contribution is -2.36. The number of alkyl halides is 3. The monoisotopic (exact) mass is 264 g/mol. The average Bonchev–Trinajstić information content (AvgIpc) is 2.74. The van der Waals surface area contributed by atoms with Crippen LogP contribution in [0, 0.1) is 0 Å². The van der Waals surface area contributed by atoms with E-state index in [-0.39, 0.29) is 17.7 Å². The SMILES string of the molecule is CC(C)c1oc(N2CCOCC2)nc1C(F)(F)F. The van der Waals surface area contributed by atoms with Crippen LogP contribution in [0.5, 0.6) is 0 Å². The summed E-state index contributed by atoms with van der Waals surface area (Å²) in [6, 6.07) is 0.0364. The number of halogens is 3. The van der Waals surface area contributed by atoms with E-state index in [1.54, 1.807) is 18.7 Å². The standard InChI is InChI=1S/C11H15F3N2O2/c1-7(2)8-9(11(12,13)14)15-10(18-8)16-3-5-17-6-4-16/h7H,3-6H2,1-2H3. The maximum atomic E-state index is 12.8. The van der Waals surface area contributed by atoms with Gasteiger partial charge in [-0.05, 0) is 0 Å². The molecule has 1 aromatic heterocycles. The molecule has 1 saturated heterocycles. The van der Waals surface area contributed by atoms with Gasteiger partial charge in [0.05, 0.1) is 13.2 Å². The second kappa shape index (κ2) is 4.79. The molecule has 7 heteroatoms. The molecule has 2 heterocycles. The van der Waals surface area contributed by atoms with Gasteiger partial charge >= 0.3 is 6.18 Å². The molecule has 1 aromatic rings. The molecule has 0 amide bonds. The number of hydrogen-bond acceptors (Lipinski definition) is 4. The fourth-order valence-corrected chi connectivity index (χ4v) is 1.80. The molecule has 0 saturated carbocycles. The third-order valence-electron chi connectivity index (χ3n) is 2.72. The van der Waals surface area contributed by atoms with E-state index in [4.69, 9.17) is 9.15 Å². The first kappa shape index (κ1) is 13.2. The summed E-state index contributed by atoms with van der Waals surface area (Å²) in [5.74, 6) is -0.465. The van der Waals surface area contributed by atoms with Crippen LogP contribution in [0.3, 0.4) is 0 Å². The Morgan fingerprint density at radius 1 is 1.22 bits per heavy atom. The Labute approximate surface area is 103 Å². The van der Waals surface area contributed by atoms with Crippen molar-refractivity contribution in [1.82, 2.24) is 4.98 Å². The van der Waals surface area contributed by atoms with Gasteiger partial charge in [-0.2, -0.15) is 18.2 Å². The summed E-state index contributed by atoms with van der Waals surface area (Å²) >= 11 is 0. The van der Waals surface area contributed by atoms with Crippen molar-refractivity contribution in [3.05, 3.63) is 11.5 Å². The number of morpholine rings is 1. The van der Waals surface area contributed by atoms with Gasteiger partial charge in [-0.3, -0.25) is 0 Å². The van der Waals surface area contributed by atoms with Crippen LogP contribution >= 0.6 is 0 Å². The summed E-state index contributed by atoms with van der Waals surface area (Å²) in [7, 11) is 0. The second-order valence-electron chi connectivity index (χ2n) is 4.46. The molecule has 18 heavy (non-hydrogen) atoms. The van der Waals surface area contributed by atoms with Crippen molar-refractivity contribution >= 4 is 6.01 Å². The highest BCUT2D eigenvalue weighted by molar-refractivity contribution is 5.32. The topological polar surface area (TPSA) is 38.5 Å². The van der Waals surface area contributed by atoms with E-state index in [1.807, 2.05) is 0 Å². The third-order valence-corrected chi connectivity index (χ3v) is 2.72. The Morgan fingerprint density at radius 3 is 2.28 bits per heavy atom. The fraction of sp³-hybridized carbons (Fsp3) is 0.727. The first-order valence-electron chi connectivity index (χ1n) is 5.80. The van der Waals surface area contributed by atoms with Crippen LogP contribution in [-0.4, -0.2) is 31.3 Å². The number of oxazole rings is 1. The molecule has 2 rings (SSSR count). The van der Waals surface area contributed by atoms with Gasteiger partial charge in [0.2, 0.25) is 0 Å². The smallest absolute Gasteiger partial charge is 0.428 e. The Morgan fingerprint density at radius 2 is 1.83 bits per heavy atom. The fourth-order valence-electron chi connectivity index (χ4n) is 1.80. The van der Waals surface area contributed by atoms with Crippen molar-refractivity contribution in [2.24, 2.45) is 0 Å². The zero-order valence-electron chi connectivity index (χ0n) is 10.3.